The van der Waals surface area contributed by atoms with E-state index in [9.17, 15) is 0 Å². The van der Waals surface area contributed by atoms with E-state index in [0.29, 0.717) is 11.9 Å². The van der Waals surface area contributed by atoms with Crippen LogP contribution in [0.4, 0.5) is 11.8 Å². The third-order valence-corrected chi connectivity index (χ3v) is 5.36. The molecule has 0 amide bonds. The summed E-state index contributed by atoms with van der Waals surface area (Å²) >= 11 is 1.72. The summed E-state index contributed by atoms with van der Waals surface area (Å²) in [5.74, 6) is 2.75. The Hall–Kier alpha value is -2.22. The molecule has 0 aromatic carbocycles. The summed E-state index contributed by atoms with van der Waals surface area (Å²) in [5.41, 5.74) is 0. The Bertz CT molecular complexity index is 849. The number of fused-ring (bicyclic) bond motifs is 1. The molecule has 0 saturated carbocycles. The Balaban J connectivity index is 1.51. The lowest BCUT2D eigenvalue weighted by molar-refractivity contribution is 0.329. The van der Waals surface area contributed by atoms with Gasteiger partial charge in [-0.3, -0.25) is 0 Å². The number of thiophene rings is 1. The fourth-order valence-electron chi connectivity index (χ4n) is 3.13. The van der Waals surface area contributed by atoms with Gasteiger partial charge in [-0.1, -0.05) is 0 Å². The molecule has 7 nitrogen and oxygen atoms in total. The minimum absolute atomic E-state index is 0.323. The highest BCUT2D eigenvalue weighted by atomic mass is 32.1. The molecule has 0 radical (unpaired) electrons. The van der Waals surface area contributed by atoms with Crippen LogP contribution < -0.4 is 9.80 Å². The van der Waals surface area contributed by atoms with Gasteiger partial charge in [0.1, 0.15) is 17.0 Å². The number of rotatable bonds is 3. The lowest BCUT2D eigenvalue weighted by Crippen LogP contribution is -2.33. The van der Waals surface area contributed by atoms with Crippen molar-refractivity contribution in [3.05, 3.63) is 23.2 Å². The van der Waals surface area contributed by atoms with Crippen molar-refractivity contribution in [2.24, 2.45) is 0 Å². The van der Waals surface area contributed by atoms with Crippen molar-refractivity contribution in [3.63, 3.8) is 0 Å². The molecule has 0 N–H and O–H groups in total. The molecule has 0 spiro atoms. The Kier molecular flexibility index (Phi) is 3.84. The van der Waals surface area contributed by atoms with Crippen molar-refractivity contribution in [2.45, 2.75) is 25.7 Å². The summed E-state index contributed by atoms with van der Waals surface area (Å²) in [6.45, 7) is 3.98. The summed E-state index contributed by atoms with van der Waals surface area (Å²) in [6.07, 6.45) is 3.65. The van der Waals surface area contributed by atoms with Crippen molar-refractivity contribution in [1.82, 2.24) is 20.1 Å². The normalized spacial score (nSPS) is 16.0. The number of hydrogen-bond donors (Lipinski definition) is 0. The zero-order chi connectivity index (χ0) is 16.7. The largest absolute Gasteiger partial charge is 0.356 e. The first kappa shape index (κ1) is 15.3. The number of aryl methyl sites for hydroxylation is 1. The van der Waals surface area contributed by atoms with Crippen molar-refractivity contribution < 1.29 is 4.52 Å². The molecule has 1 aliphatic heterocycles. The fourth-order valence-corrected chi connectivity index (χ4v) is 3.97. The van der Waals surface area contributed by atoms with E-state index < -0.39 is 0 Å². The molecule has 4 rings (SSSR count). The Labute approximate surface area is 144 Å². The molecule has 0 atom stereocenters. The average molecular weight is 344 g/mol. The molecule has 0 unspecified atom stereocenters. The van der Waals surface area contributed by atoms with Crippen LogP contribution >= 0.6 is 11.3 Å². The summed E-state index contributed by atoms with van der Waals surface area (Å²) < 4.78 is 5.43. The molecular formula is C16H20N6OS. The van der Waals surface area contributed by atoms with Gasteiger partial charge in [0.15, 0.2) is 0 Å². The van der Waals surface area contributed by atoms with Crippen molar-refractivity contribution >= 4 is 33.3 Å². The van der Waals surface area contributed by atoms with Gasteiger partial charge in [-0.05, 0) is 31.0 Å². The second kappa shape index (κ2) is 6.01. The van der Waals surface area contributed by atoms with Crippen molar-refractivity contribution in [2.75, 3.05) is 37.0 Å². The van der Waals surface area contributed by atoms with E-state index in [2.05, 4.69) is 38.0 Å². The van der Waals surface area contributed by atoms with E-state index in [1.807, 2.05) is 19.0 Å². The number of hydrogen-bond acceptors (Lipinski definition) is 8. The van der Waals surface area contributed by atoms with Gasteiger partial charge >= 0.3 is 0 Å². The molecule has 3 aromatic rings. The van der Waals surface area contributed by atoms with E-state index in [1.54, 1.807) is 17.7 Å². The van der Waals surface area contributed by atoms with Crippen LogP contribution in [0.3, 0.4) is 0 Å². The van der Waals surface area contributed by atoms with Gasteiger partial charge in [0.2, 0.25) is 5.89 Å². The van der Waals surface area contributed by atoms with Gasteiger partial charge in [-0.25, -0.2) is 9.97 Å². The van der Waals surface area contributed by atoms with Crippen LogP contribution in [0.2, 0.25) is 0 Å². The van der Waals surface area contributed by atoms with Crippen LogP contribution in [-0.2, 0) is 0 Å². The molecule has 0 bridgehead atoms. The van der Waals surface area contributed by atoms with Gasteiger partial charge < -0.3 is 14.3 Å². The van der Waals surface area contributed by atoms with Crippen LogP contribution in [-0.4, -0.2) is 47.3 Å². The highest BCUT2D eigenvalue weighted by Crippen LogP contribution is 2.34. The smallest absolute Gasteiger partial charge is 0.265 e. The molecule has 126 valence electrons. The van der Waals surface area contributed by atoms with Crippen LogP contribution in [0.1, 0.15) is 29.5 Å². The molecular weight excluding hydrogens is 324 g/mol. The minimum Gasteiger partial charge on any atom is -0.356 e. The molecule has 0 aliphatic carbocycles. The maximum Gasteiger partial charge on any atom is 0.265 e. The maximum absolute atomic E-state index is 5.43. The highest BCUT2D eigenvalue weighted by Gasteiger charge is 2.27. The topological polar surface area (TPSA) is 71.2 Å². The van der Waals surface area contributed by atoms with Gasteiger partial charge in [0, 0.05) is 38.0 Å². The first-order chi connectivity index (χ1) is 11.6. The summed E-state index contributed by atoms with van der Waals surface area (Å²) in [7, 11) is 3.83. The summed E-state index contributed by atoms with van der Waals surface area (Å²) in [6, 6.07) is 2.18. The lowest BCUT2D eigenvalue weighted by atomic mass is 9.96. The van der Waals surface area contributed by atoms with Gasteiger partial charge in [0.25, 0.3) is 5.95 Å². The maximum atomic E-state index is 5.43. The number of nitrogens with zero attached hydrogens (tertiary/aromatic N) is 6. The van der Waals surface area contributed by atoms with E-state index >= 15 is 0 Å². The van der Waals surface area contributed by atoms with Crippen LogP contribution in [0.5, 0.6) is 0 Å². The Morgan fingerprint density at radius 2 is 2.04 bits per heavy atom. The Morgan fingerprint density at radius 1 is 1.25 bits per heavy atom. The predicted octanol–water partition coefficient (Wildman–Crippen LogP) is 2.83. The fraction of sp³-hybridized carbons (Fsp3) is 0.500. The summed E-state index contributed by atoms with van der Waals surface area (Å²) in [4.78, 5) is 19.9. The van der Waals surface area contributed by atoms with Crippen LogP contribution in [0.25, 0.3) is 10.2 Å². The zero-order valence-electron chi connectivity index (χ0n) is 14.1. The monoisotopic (exact) mass is 344 g/mol. The van der Waals surface area contributed by atoms with Gasteiger partial charge in [-0.15, -0.1) is 11.3 Å². The second-order valence-electron chi connectivity index (χ2n) is 6.36. The van der Waals surface area contributed by atoms with E-state index in [4.69, 9.17) is 4.52 Å². The first-order valence-electron chi connectivity index (χ1n) is 8.09. The molecule has 4 heterocycles. The minimum atomic E-state index is 0.323. The van der Waals surface area contributed by atoms with E-state index in [0.717, 1.165) is 47.9 Å². The second-order valence-corrected chi connectivity index (χ2v) is 7.60. The Morgan fingerprint density at radius 3 is 2.75 bits per heavy atom. The predicted molar refractivity (Wildman–Crippen MR) is 95.0 cm³/mol. The third kappa shape index (κ3) is 2.71. The number of piperidine rings is 1. The molecule has 24 heavy (non-hydrogen) atoms. The lowest BCUT2D eigenvalue weighted by Gasteiger charge is -2.31. The van der Waals surface area contributed by atoms with Gasteiger partial charge in [0.05, 0.1) is 5.39 Å². The standard InChI is InChI=1S/C16H20N6OS/c1-10-8-12-13(17-9-18-15(12)24-10)22-6-4-11(5-7-22)14-19-16(20-23-14)21(2)3/h8-9,11H,4-7H2,1-3H3. The molecule has 1 saturated heterocycles. The van der Waals surface area contributed by atoms with Gasteiger partial charge in [-0.2, -0.15) is 4.98 Å². The first-order valence-corrected chi connectivity index (χ1v) is 8.90. The average Bonchev–Trinajstić information content (AvgIpc) is 3.20. The third-order valence-electron chi connectivity index (χ3n) is 4.41. The van der Waals surface area contributed by atoms with Crippen molar-refractivity contribution in [3.8, 4) is 0 Å². The highest BCUT2D eigenvalue weighted by molar-refractivity contribution is 7.18. The molecule has 3 aromatic heterocycles. The van der Waals surface area contributed by atoms with Crippen LogP contribution in [0, 0.1) is 6.92 Å². The van der Waals surface area contributed by atoms with Crippen LogP contribution in [0.15, 0.2) is 16.9 Å². The SMILES string of the molecule is Cc1cc2c(N3CCC(c4nc(N(C)C)no4)CC3)ncnc2s1. The zero-order valence-corrected chi connectivity index (χ0v) is 14.9. The number of anilines is 2. The van der Waals surface area contributed by atoms with E-state index in [-0.39, 0.29) is 0 Å². The molecule has 1 fully saturated rings. The van der Waals surface area contributed by atoms with E-state index in [1.165, 1.54) is 4.88 Å². The van der Waals surface area contributed by atoms with Crippen molar-refractivity contribution in [1.29, 1.82) is 0 Å². The quantitative estimate of drug-likeness (QED) is 0.723. The molecule has 8 heteroatoms. The molecule has 1 aliphatic rings. The number of aromatic nitrogens is 4. The summed E-state index contributed by atoms with van der Waals surface area (Å²) in [5, 5.41) is 5.18.